The molecule has 1 unspecified atom stereocenters. The lowest BCUT2D eigenvalue weighted by molar-refractivity contribution is -0.121. The van der Waals surface area contributed by atoms with Gasteiger partial charge < -0.3 is 5.32 Å². The van der Waals surface area contributed by atoms with Crippen molar-refractivity contribution >= 4 is 5.91 Å². The summed E-state index contributed by atoms with van der Waals surface area (Å²) >= 11 is 0. The SMILES string of the molecule is Cc1cc(C)nc(-n2nc(C)c(CC(=O)NC3CCc4ccccc43)c2C)n1. The van der Waals surface area contributed by atoms with E-state index in [4.69, 9.17) is 0 Å². The lowest BCUT2D eigenvalue weighted by atomic mass is 10.1. The Kier molecular flexibility index (Phi) is 4.71. The number of aromatic nitrogens is 4. The second-order valence-electron chi connectivity index (χ2n) is 7.55. The summed E-state index contributed by atoms with van der Waals surface area (Å²) in [5, 5.41) is 7.79. The molecular formula is C22H25N5O. The van der Waals surface area contributed by atoms with E-state index in [1.165, 1.54) is 11.1 Å². The van der Waals surface area contributed by atoms with E-state index in [0.29, 0.717) is 12.4 Å². The van der Waals surface area contributed by atoms with E-state index in [9.17, 15) is 4.79 Å². The fraction of sp³-hybridized carbons (Fsp3) is 0.364. The normalized spacial score (nSPS) is 15.5. The van der Waals surface area contributed by atoms with Gasteiger partial charge in [-0.1, -0.05) is 24.3 Å². The van der Waals surface area contributed by atoms with Crippen LogP contribution in [0.2, 0.25) is 0 Å². The van der Waals surface area contributed by atoms with Crippen LogP contribution in [0.1, 0.15) is 51.9 Å². The molecule has 1 amide bonds. The van der Waals surface area contributed by atoms with Gasteiger partial charge in [0.25, 0.3) is 5.95 Å². The van der Waals surface area contributed by atoms with Crippen LogP contribution in [-0.2, 0) is 17.6 Å². The minimum Gasteiger partial charge on any atom is -0.349 e. The minimum atomic E-state index is 0.0220. The Balaban J connectivity index is 1.54. The Morgan fingerprint density at radius 1 is 1.14 bits per heavy atom. The van der Waals surface area contributed by atoms with Gasteiger partial charge in [-0.25, -0.2) is 14.6 Å². The average molecular weight is 375 g/mol. The Bertz CT molecular complexity index is 1030. The van der Waals surface area contributed by atoms with Crippen LogP contribution in [0.3, 0.4) is 0 Å². The first-order valence-electron chi connectivity index (χ1n) is 9.67. The maximum Gasteiger partial charge on any atom is 0.251 e. The molecule has 0 fully saturated rings. The Morgan fingerprint density at radius 3 is 2.61 bits per heavy atom. The van der Waals surface area contributed by atoms with Crippen LogP contribution in [0.5, 0.6) is 0 Å². The van der Waals surface area contributed by atoms with E-state index in [1.54, 1.807) is 4.68 Å². The first-order valence-corrected chi connectivity index (χ1v) is 9.67. The van der Waals surface area contributed by atoms with Crippen LogP contribution < -0.4 is 5.32 Å². The summed E-state index contributed by atoms with van der Waals surface area (Å²) in [7, 11) is 0. The molecule has 1 aromatic carbocycles. The molecule has 0 aliphatic heterocycles. The van der Waals surface area contributed by atoms with E-state index in [1.807, 2.05) is 39.8 Å². The number of hydrogen-bond acceptors (Lipinski definition) is 4. The molecule has 6 nitrogen and oxygen atoms in total. The lowest BCUT2D eigenvalue weighted by Gasteiger charge is -2.14. The van der Waals surface area contributed by atoms with Crippen molar-refractivity contribution in [2.24, 2.45) is 0 Å². The monoisotopic (exact) mass is 375 g/mol. The highest BCUT2D eigenvalue weighted by atomic mass is 16.1. The third-order valence-corrected chi connectivity index (χ3v) is 5.41. The van der Waals surface area contributed by atoms with Crippen LogP contribution in [0.15, 0.2) is 30.3 Å². The number of rotatable bonds is 4. The van der Waals surface area contributed by atoms with Crippen molar-refractivity contribution in [2.75, 3.05) is 0 Å². The molecule has 0 radical (unpaired) electrons. The number of fused-ring (bicyclic) bond motifs is 1. The summed E-state index contributed by atoms with van der Waals surface area (Å²) in [5.41, 5.74) is 7.05. The molecule has 6 heteroatoms. The molecule has 28 heavy (non-hydrogen) atoms. The summed E-state index contributed by atoms with van der Waals surface area (Å²) in [6.45, 7) is 7.78. The van der Waals surface area contributed by atoms with Gasteiger partial charge in [-0.3, -0.25) is 4.79 Å². The van der Waals surface area contributed by atoms with Crippen molar-refractivity contribution in [2.45, 2.75) is 53.0 Å². The number of nitrogens with one attached hydrogen (secondary N) is 1. The molecule has 144 valence electrons. The number of nitrogens with zero attached hydrogens (tertiary/aromatic N) is 4. The third kappa shape index (κ3) is 3.42. The molecule has 1 aliphatic carbocycles. The van der Waals surface area contributed by atoms with Gasteiger partial charge in [0.15, 0.2) is 0 Å². The van der Waals surface area contributed by atoms with Gasteiger partial charge in [0.05, 0.1) is 18.2 Å². The number of benzene rings is 1. The van der Waals surface area contributed by atoms with Gasteiger partial charge in [0, 0.05) is 22.6 Å². The zero-order valence-electron chi connectivity index (χ0n) is 16.8. The zero-order chi connectivity index (χ0) is 19.8. The van der Waals surface area contributed by atoms with Gasteiger partial charge in [0.2, 0.25) is 5.91 Å². The topological polar surface area (TPSA) is 72.7 Å². The third-order valence-electron chi connectivity index (χ3n) is 5.41. The highest BCUT2D eigenvalue weighted by Gasteiger charge is 2.24. The molecular weight excluding hydrogens is 350 g/mol. The maximum atomic E-state index is 12.8. The molecule has 2 heterocycles. The van der Waals surface area contributed by atoms with Crippen molar-refractivity contribution in [1.29, 1.82) is 0 Å². The number of carbonyl (C=O) groups excluding carboxylic acids is 1. The summed E-state index contributed by atoms with van der Waals surface area (Å²) < 4.78 is 1.74. The molecule has 1 atom stereocenters. The summed E-state index contributed by atoms with van der Waals surface area (Å²) in [5.74, 6) is 0.572. The first kappa shape index (κ1) is 18.3. The van der Waals surface area contributed by atoms with Crippen LogP contribution in [0, 0.1) is 27.7 Å². The van der Waals surface area contributed by atoms with Crippen molar-refractivity contribution < 1.29 is 4.79 Å². The van der Waals surface area contributed by atoms with Gasteiger partial charge in [-0.05, 0) is 57.7 Å². The van der Waals surface area contributed by atoms with Crippen molar-refractivity contribution in [3.63, 3.8) is 0 Å². The predicted molar refractivity (Wildman–Crippen MR) is 107 cm³/mol. The minimum absolute atomic E-state index is 0.0220. The molecule has 4 rings (SSSR count). The van der Waals surface area contributed by atoms with Crippen molar-refractivity contribution in [1.82, 2.24) is 25.1 Å². The van der Waals surface area contributed by atoms with Gasteiger partial charge >= 0.3 is 0 Å². The number of hydrogen-bond donors (Lipinski definition) is 1. The largest absolute Gasteiger partial charge is 0.349 e. The Morgan fingerprint density at radius 2 is 1.86 bits per heavy atom. The zero-order valence-corrected chi connectivity index (χ0v) is 16.8. The smallest absolute Gasteiger partial charge is 0.251 e. The molecule has 1 N–H and O–H groups in total. The standard InChI is InChI=1S/C22H25N5O/c1-13-11-14(2)24-22(23-13)27-16(4)19(15(3)26-27)12-21(28)25-20-10-9-17-7-5-6-8-18(17)20/h5-8,11,20H,9-10,12H2,1-4H3,(H,25,28). The average Bonchev–Trinajstić information content (AvgIpc) is 3.17. The van der Waals surface area contributed by atoms with Crippen molar-refractivity contribution in [3.8, 4) is 5.95 Å². The number of amides is 1. The van der Waals surface area contributed by atoms with E-state index in [0.717, 1.165) is 41.2 Å². The molecule has 2 aromatic heterocycles. The second kappa shape index (κ2) is 7.19. The van der Waals surface area contributed by atoms with E-state index < -0.39 is 0 Å². The Labute approximate surface area is 165 Å². The second-order valence-corrected chi connectivity index (χ2v) is 7.55. The van der Waals surface area contributed by atoms with Crippen LogP contribution >= 0.6 is 0 Å². The van der Waals surface area contributed by atoms with Gasteiger partial charge in [0.1, 0.15) is 0 Å². The predicted octanol–water partition coefficient (Wildman–Crippen LogP) is 3.24. The molecule has 0 bridgehead atoms. The van der Waals surface area contributed by atoms with E-state index in [-0.39, 0.29) is 11.9 Å². The van der Waals surface area contributed by atoms with Crippen LogP contribution in [-0.4, -0.2) is 25.7 Å². The molecule has 0 saturated heterocycles. The summed E-state index contributed by atoms with van der Waals surface area (Å²) in [4.78, 5) is 21.7. The van der Waals surface area contributed by atoms with E-state index in [2.05, 4.69) is 38.6 Å². The number of aryl methyl sites for hydroxylation is 4. The quantitative estimate of drug-likeness (QED) is 0.760. The summed E-state index contributed by atoms with van der Waals surface area (Å²) in [6.07, 6.45) is 2.28. The maximum absolute atomic E-state index is 12.8. The van der Waals surface area contributed by atoms with E-state index >= 15 is 0 Å². The van der Waals surface area contributed by atoms with Crippen LogP contribution in [0.4, 0.5) is 0 Å². The molecule has 3 aromatic rings. The lowest BCUT2D eigenvalue weighted by Crippen LogP contribution is -2.28. The summed E-state index contributed by atoms with van der Waals surface area (Å²) in [6, 6.07) is 10.4. The molecule has 0 spiro atoms. The molecule has 1 aliphatic rings. The first-order chi connectivity index (χ1) is 13.4. The molecule has 0 saturated carbocycles. The van der Waals surface area contributed by atoms with Gasteiger partial charge in [-0.2, -0.15) is 5.10 Å². The van der Waals surface area contributed by atoms with Crippen LogP contribution in [0.25, 0.3) is 5.95 Å². The number of carbonyl (C=O) groups is 1. The van der Waals surface area contributed by atoms with Crippen molar-refractivity contribution in [3.05, 3.63) is 69.8 Å². The highest BCUT2D eigenvalue weighted by Crippen LogP contribution is 2.30. The fourth-order valence-corrected chi connectivity index (χ4v) is 4.04. The highest BCUT2D eigenvalue weighted by molar-refractivity contribution is 5.79. The fourth-order valence-electron chi connectivity index (χ4n) is 4.04. The Hall–Kier alpha value is -3.02. The van der Waals surface area contributed by atoms with Gasteiger partial charge in [-0.15, -0.1) is 0 Å².